The smallest absolute Gasteiger partial charge is 0.411 e. The zero-order chi connectivity index (χ0) is 12.4. The molecule has 2 N–H and O–H groups in total. The van der Waals surface area contributed by atoms with Gasteiger partial charge in [-0.05, 0) is 6.92 Å². The molecule has 1 amide bonds. The number of hydrogen-bond donors (Lipinski definition) is 2. The molecule has 0 heterocycles. The minimum atomic E-state index is -0.801. The molecule has 0 aliphatic rings. The molecule has 0 unspecified atom stereocenters. The zero-order valence-corrected chi connectivity index (χ0v) is 9.07. The first kappa shape index (κ1) is 14.0. The molecule has 0 aromatic rings. The Bertz CT molecular complexity index is 337. The molecule has 0 saturated heterocycles. The van der Waals surface area contributed by atoms with E-state index in [1.54, 1.807) is 6.92 Å². The number of rotatable bonds is 3. The van der Waals surface area contributed by atoms with E-state index in [1.165, 1.54) is 0 Å². The standard InChI is InChI=1S/C10H13NO5/c1-3-16-9(13)8(6-4-5-7-12)11-10(14)15-2/h6,12H,3,7H2,1-2H3,(H,11,14)/b8-6-. The van der Waals surface area contributed by atoms with Crippen LogP contribution in [0.3, 0.4) is 0 Å². The van der Waals surface area contributed by atoms with Gasteiger partial charge in [-0.1, -0.05) is 11.8 Å². The van der Waals surface area contributed by atoms with Crippen LogP contribution >= 0.6 is 0 Å². The second-order valence-electron chi connectivity index (χ2n) is 2.37. The van der Waals surface area contributed by atoms with Gasteiger partial charge in [0.25, 0.3) is 0 Å². The Kier molecular flexibility index (Phi) is 7.28. The van der Waals surface area contributed by atoms with Crippen LogP contribution < -0.4 is 5.32 Å². The predicted molar refractivity (Wildman–Crippen MR) is 55.1 cm³/mol. The first-order valence-electron chi connectivity index (χ1n) is 4.47. The first-order chi connectivity index (χ1) is 7.65. The number of amides is 1. The lowest BCUT2D eigenvalue weighted by atomic mass is 10.4. The Labute approximate surface area is 93.2 Å². The number of allylic oxidation sites excluding steroid dienone is 1. The summed E-state index contributed by atoms with van der Waals surface area (Å²) in [6.45, 7) is 1.46. The first-order valence-corrected chi connectivity index (χ1v) is 4.47. The van der Waals surface area contributed by atoms with Gasteiger partial charge in [0.05, 0.1) is 13.7 Å². The van der Waals surface area contributed by atoms with Crippen molar-refractivity contribution in [1.29, 1.82) is 0 Å². The van der Waals surface area contributed by atoms with Crippen LogP contribution in [0, 0.1) is 11.8 Å². The SMILES string of the molecule is CCOC(=O)/C(=C/C#CCO)NC(=O)OC. The van der Waals surface area contributed by atoms with E-state index < -0.39 is 12.1 Å². The molecule has 0 bridgehead atoms. The van der Waals surface area contributed by atoms with Gasteiger partial charge in [-0.15, -0.1) is 0 Å². The second kappa shape index (κ2) is 8.32. The molecule has 0 aliphatic carbocycles. The number of aliphatic hydroxyl groups excluding tert-OH is 1. The van der Waals surface area contributed by atoms with E-state index in [9.17, 15) is 9.59 Å². The molecule has 0 atom stereocenters. The van der Waals surface area contributed by atoms with Gasteiger partial charge in [0, 0.05) is 6.08 Å². The lowest BCUT2D eigenvalue weighted by Crippen LogP contribution is -2.28. The van der Waals surface area contributed by atoms with Crippen molar-refractivity contribution in [2.24, 2.45) is 0 Å². The molecule has 0 radical (unpaired) electrons. The maximum absolute atomic E-state index is 11.3. The summed E-state index contributed by atoms with van der Waals surface area (Å²) in [4.78, 5) is 22.2. The van der Waals surface area contributed by atoms with Crippen molar-refractivity contribution < 1.29 is 24.2 Å². The number of carbonyl (C=O) groups is 2. The largest absolute Gasteiger partial charge is 0.461 e. The Morgan fingerprint density at radius 3 is 2.69 bits per heavy atom. The fourth-order valence-electron chi connectivity index (χ4n) is 0.685. The number of nitrogens with one attached hydrogen (secondary N) is 1. The van der Waals surface area contributed by atoms with Gasteiger partial charge >= 0.3 is 12.1 Å². The van der Waals surface area contributed by atoms with Crippen LogP contribution in [0.5, 0.6) is 0 Å². The van der Waals surface area contributed by atoms with Crippen LogP contribution in [0.4, 0.5) is 4.79 Å². The van der Waals surface area contributed by atoms with Crippen LogP contribution in [0.15, 0.2) is 11.8 Å². The third-order valence-electron chi connectivity index (χ3n) is 1.32. The number of alkyl carbamates (subject to hydrolysis) is 1. The summed E-state index contributed by atoms with van der Waals surface area (Å²) in [7, 11) is 1.16. The fraction of sp³-hybridized carbons (Fsp3) is 0.400. The highest BCUT2D eigenvalue weighted by atomic mass is 16.5. The molecule has 0 rings (SSSR count). The average Bonchev–Trinajstić information content (AvgIpc) is 2.28. The van der Waals surface area contributed by atoms with Gasteiger partial charge in [-0.2, -0.15) is 0 Å². The van der Waals surface area contributed by atoms with Crippen LogP contribution in [0.25, 0.3) is 0 Å². The van der Waals surface area contributed by atoms with Crippen molar-refractivity contribution in [3.05, 3.63) is 11.8 Å². The Morgan fingerprint density at radius 2 is 2.19 bits per heavy atom. The highest BCUT2D eigenvalue weighted by Crippen LogP contribution is 1.94. The van der Waals surface area contributed by atoms with Crippen LogP contribution in [-0.2, 0) is 14.3 Å². The van der Waals surface area contributed by atoms with Gasteiger partial charge in [-0.25, -0.2) is 9.59 Å². The molecule has 0 aromatic heterocycles. The van der Waals surface area contributed by atoms with E-state index in [-0.39, 0.29) is 18.9 Å². The summed E-state index contributed by atoms with van der Waals surface area (Å²) in [5.74, 6) is 3.94. The number of aliphatic hydroxyl groups is 1. The van der Waals surface area contributed by atoms with E-state index in [4.69, 9.17) is 5.11 Å². The molecule has 0 aliphatic heterocycles. The van der Waals surface area contributed by atoms with Crippen LogP contribution in [-0.4, -0.2) is 37.5 Å². The quantitative estimate of drug-likeness (QED) is 0.396. The number of hydrogen-bond acceptors (Lipinski definition) is 5. The van der Waals surface area contributed by atoms with Crippen molar-refractivity contribution in [2.45, 2.75) is 6.92 Å². The summed E-state index contributed by atoms with van der Waals surface area (Å²) in [6.07, 6.45) is 0.329. The van der Waals surface area contributed by atoms with Crippen LogP contribution in [0.2, 0.25) is 0 Å². The Balaban J connectivity index is 4.68. The summed E-state index contributed by atoms with van der Waals surface area (Å²) < 4.78 is 8.99. The highest BCUT2D eigenvalue weighted by Gasteiger charge is 2.13. The van der Waals surface area contributed by atoms with E-state index in [2.05, 4.69) is 26.6 Å². The zero-order valence-electron chi connectivity index (χ0n) is 9.07. The number of esters is 1. The normalized spacial score (nSPS) is 9.81. The predicted octanol–water partition coefficient (Wildman–Crippen LogP) is -0.215. The monoisotopic (exact) mass is 227 g/mol. The molecule has 16 heavy (non-hydrogen) atoms. The molecule has 6 heteroatoms. The van der Waals surface area contributed by atoms with Crippen LogP contribution in [0.1, 0.15) is 6.92 Å². The van der Waals surface area contributed by atoms with E-state index in [0.717, 1.165) is 13.2 Å². The van der Waals surface area contributed by atoms with Gasteiger partial charge in [0.15, 0.2) is 0 Å². The second-order valence-corrected chi connectivity index (χ2v) is 2.37. The fourth-order valence-corrected chi connectivity index (χ4v) is 0.685. The number of methoxy groups -OCH3 is 1. The lowest BCUT2D eigenvalue weighted by molar-refractivity contribution is -0.138. The molecule has 0 spiro atoms. The third-order valence-corrected chi connectivity index (χ3v) is 1.32. The van der Waals surface area contributed by atoms with Crippen molar-refractivity contribution in [2.75, 3.05) is 20.3 Å². The number of ether oxygens (including phenoxy) is 2. The van der Waals surface area contributed by atoms with Gasteiger partial charge < -0.3 is 14.6 Å². The Hall–Kier alpha value is -2.00. The van der Waals surface area contributed by atoms with Crippen molar-refractivity contribution in [3.63, 3.8) is 0 Å². The van der Waals surface area contributed by atoms with Crippen molar-refractivity contribution >= 4 is 12.1 Å². The average molecular weight is 227 g/mol. The summed E-state index contributed by atoms with van der Waals surface area (Å²) >= 11 is 0. The topological polar surface area (TPSA) is 84.9 Å². The highest BCUT2D eigenvalue weighted by molar-refractivity contribution is 5.92. The minimum Gasteiger partial charge on any atom is -0.461 e. The molecule has 0 aromatic carbocycles. The van der Waals surface area contributed by atoms with E-state index in [0.29, 0.717) is 0 Å². The summed E-state index contributed by atoms with van der Waals surface area (Å²) in [5, 5.41) is 10.6. The van der Waals surface area contributed by atoms with Gasteiger partial charge in [0.1, 0.15) is 12.3 Å². The molecule has 6 nitrogen and oxygen atoms in total. The maximum atomic E-state index is 11.3. The molecular weight excluding hydrogens is 214 g/mol. The van der Waals surface area contributed by atoms with Gasteiger partial charge in [-0.3, -0.25) is 5.32 Å². The molecule has 0 saturated carbocycles. The molecular formula is C10H13NO5. The van der Waals surface area contributed by atoms with E-state index >= 15 is 0 Å². The van der Waals surface area contributed by atoms with E-state index in [1.807, 2.05) is 0 Å². The minimum absolute atomic E-state index is 0.144. The Morgan fingerprint density at radius 1 is 1.50 bits per heavy atom. The van der Waals surface area contributed by atoms with Gasteiger partial charge in [0.2, 0.25) is 0 Å². The lowest BCUT2D eigenvalue weighted by Gasteiger charge is -2.06. The third kappa shape index (κ3) is 5.67. The number of carbonyl (C=O) groups excluding carboxylic acids is 2. The van der Waals surface area contributed by atoms with Crippen molar-refractivity contribution in [3.8, 4) is 11.8 Å². The summed E-state index contributed by atoms with van der Waals surface area (Å²) in [5.41, 5.74) is -0.144. The molecule has 88 valence electrons. The maximum Gasteiger partial charge on any atom is 0.411 e. The molecule has 0 fully saturated rings. The van der Waals surface area contributed by atoms with Crippen molar-refractivity contribution in [1.82, 2.24) is 5.32 Å². The summed E-state index contributed by atoms with van der Waals surface area (Å²) in [6, 6.07) is 0.